The molecule has 104 valence electrons. The Morgan fingerprint density at radius 1 is 1.40 bits per heavy atom. The first kappa shape index (κ1) is 14.0. The first-order chi connectivity index (χ1) is 9.60. The Hall–Kier alpha value is -2.38. The number of pyridine rings is 1. The van der Waals surface area contributed by atoms with Gasteiger partial charge in [0.25, 0.3) is 0 Å². The molecule has 1 aromatic carbocycles. The molecule has 2 aromatic rings. The van der Waals surface area contributed by atoms with Crippen molar-refractivity contribution in [2.24, 2.45) is 5.84 Å². The lowest BCUT2D eigenvalue weighted by molar-refractivity contribution is -0.385. The standard InChI is InChI=1S/C12H11ClN4O3/c13-8-4-5-10(17(18)19)11(6-8)20-7-9-2-1-3-12(15-9)16-14/h1-6H,7,14H2,(H,15,16). The van der Waals surface area contributed by atoms with Gasteiger partial charge in [0.15, 0.2) is 5.75 Å². The van der Waals surface area contributed by atoms with E-state index in [0.717, 1.165) is 0 Å². The van der Waals surface area contributed by atoms with Crippen LogP contribution in [0.4, 0.5) is 11.5 Å². The Balaban J connectivity index is 2.17. The molecule has 0 atom stereocenters. The third-order valence-electron chi connectivity index (χ3n) is 2.45. The van der Waals surface area contributed by atoms with E-state index in [-0.39, 0.29) is 18.0 Å². The highest BCUT2D eigenvalue weighted by molar-refractivity contribution is 6.30. The monoisotopic (exact) mass is 294 g/mol. The van der Waals surface area contributed by atoms with Crippen LogP contribution in [-0.4, -0.2) is 9.91 Å². The van der Waals surface area contributed by atoms with Gasteiger partial charge in [0.05, 0.1) is 10.6 Å². The second kappa shape index (κ2) is 6.18. The number of hydrazine groups is 1. The van der Waals surface area contributed by atoms with Crippen LogP contribution in [0, 0.1) is 10.1 Å². The fourth-order valence-corrected chi connectivity index (χ4v) is 1.71. The Labute approximate surface area is 119 Å². The Morgan fingerprint density at radius 2 is 2.20 bits per heavy atom. The molecule has 0 spiro atoms. The lowest BCUT2D eigenvalue weighted by Gasteiger charge is -2.07. The van der Waals surface area contributed by atoms with Crippen LogP contribution in [0.5, 0.6) is 5.75 Å². The Morgan fingerprint density at radius 3 is 2.90 bits per heavy atom. The molecule has 0 amide bonds. The van der Waals surface area contributed by atoms with Gasteiger partial charge in [0.2, 0.25) is 0 Å². The van der Waals surface area contributed by atoms with Crippen LogP contribution in [0.25, 0.3) is 0 Å². The van der Waals surface area contributed by atoms with Gasteiger partial charge >= 0.3 is 5.69 Å². The summed E-state index contributed by atoms with van der Waals surface area (Å²) in [6.07, 6.45) is 0. The van der Waals surface area contributed by atoms with Gasteiger partial charge in [-0.2, -0.15) is 0 Å². The molecule has 3 N–H and O–H groups in total. The summed E-state index contributed by atoms with van der Waals surface area (Å²) in [7, 11) is 0. The predicted molar refractivity (Wildman–Crippen MR) is 74.5 cm³/mol. The van der Waals surface area contributed by atoms with Gasteiger partial charge in [-0.3, -0.25) is 10.1 Å². The van der Waals surface area contributed by atoms with Crippen molar-refractivity contribution in [1.29, 1.82) is 0 Å². The largest absolute Gasteiger partial charge is 0.480 e. The first-order valence-corrected chi connectivity index (χ1v) is 5.97. The quantitative estimate of drug-likeness (QED) is 0.499. The minimum absolute atomic E-state index is 0.0662. The number of anilines is 1. The fourth-order valence-electron chi connectivity index (χ4n) is 1.55. The van der Waals surface area contributed by atoms with E-state index in [4.69, 9.17) is 22.2 Å². The molecule has 8 heteroatoms. The number of nitrogen functional groups attached to an aromatic ring is 1. The number of nitro groups is 1. The van der Waals surface area contributed by atoms with E-state index in [0.29, 0.717) is 16.5 Å². The molecule has 0 saturated carbocycles. The molecule has 0 saturated heterocycles. The average molecular weight is 295 g/mol. The zero-order valence-corrected chi connectivity index (χ0v) is 11.0. The summed E-state index contributed by atoms with van der Waals surface area (Å²) in [5, 5.41) is 11.2. The number of nitrogens with zero attached hydrogens (tertiary/aromatic N) is 2. The molecule has 20 heavy (non-hydrogen) atoms. The third kappa shape index (κ3) is 3.34. The number of nitro benzene ring substituents is 1. The number of hydrogen-bond acceptors (Lipinski definition) is 6. The molecule has 1 heterocycles. The second-order valence-electron chi connectivity index (χ2n) is 3.82. The van der Waals surface area contributed by atoms with Gasteiger partial charge in [0, 0.05) is 17.2 Å². The second-order valence-corrected chi connectivity index (χ2v) is 4.25. The molecule has 7 nitrogen and oxygen atoms in total. The molecular formula is C12H11ClN4O3. The van der Waals surface area contributed by atoms with Crippen LogP contribution in [0.3, 0.4) is 0 Å². The maximum Gasteiger partial charge on any atom is 0.311 e. The zero-order chi connectivity index (χ0) is 14.5. The summed E-state index contributed by atoms with van der Waals surface area (Å²) >= 11 is 5.81. The predicted octanol–water partition coefficient (Wildman–Crippen LogP) is 2.51. The van der Waals surface area contributed by atoms with Crippen molar-refractivity contribution in [2.75, 3.05) is 5.43 Å². The van der Waals surface area contributed by atoms with Crippen molar-refractivity contribution in [3.05, 3.63) is 57.2 Å². The summed E-state index contributed by atoms with van der Waals surface area (Å²) in [4.78, 5) is 14.5. The number of nitrogens with two attached hydrogens (primary N) is 1. The fraction of sp³-hybridized carbons (Fsp3) is 0.0833. The molecular weight excluding hydrogens is 284 g/mol. The molecule has 0 unspecified atom stereocenters. The summed E-state index contributed by atoms with van der Waals surface area (Å²) in [5.74, 6) is 5.82. The number of hydrogen-bond donors (Lipinski definition) is 2. The number of rotatable bonds is 5. The summed E-state index contributed by atoms with van der Waals surface area (Å²) in [6.45, 7) is 0.0662. The molecule has 0 aliphatic heterocycles. The molecule has 2 rings (SSSR count). The lowest BCUT2D eigenvalue weighted by Crippen LogP contribution is -2.10. The molecule has 1 aromatic heterocycles. The number of benzene rings is 1. The molecule has 0 aliphatic carbocycles. The first-order valence-electron chi connectivity index (χ1n) is 5.59. The normalized spacial score (nSPS) is 10.1. The van der Waals surface area contributed by atoms with Crippen LogP contribution in [0.1, 0.15) is 5.69 Å². The highest BCUT2D eigenvalue weighted by atomic mass is 35.5. The summed E-state index contributed by atoms with van der Waals surface area (Å²) < 4.78 is 5.41. The highest BCUT2D eigenvalue weighted by Gasteiger charge is 2.15. The summed E-state index contributed by atoms with van der Waals surface area (Å²) in [5.41, 5.74) is 2.84. The lowest BCUT2D eigenvalue weighted by atomic mass is 10.3. The van der Waals surface area contributed by atoms with Gasteiger partial charge in [-0.1, -0.05) is 17.7 Å². The van der Waals surface area contributed by atoms with Crippen molar-refractivity contribution in [2.45, 2.75) is 6.61 Å². The molecule has 0 fully saturated rings. The highest BCUT2D eigenvalue weighted by Crippen LogP contribution is 2.30. The molecule has 0 radical (unpaired) electrons. The van der Waals surface area contributed by atoms with E-state index in [1.165, 1.54) is 18.2 Å². The van der Waals surface area contributed by atoms with Crippen molar-refractivity contribution in [1.82, 2.24) is 4.98 Å². The van der Waals surface area contributed by atoms with Gasteiger partial charge in [0.1, 0.15) is 12.4 Å². The average Bonchev–Trinajstić information content (AvgIpc) is 2.45. The van der Waals surface area contributed by atoms with Crippen molar-refractivity contribution >= 4 is 23.1 Å². The van der Waals surface area contributed by atoms with Gasteiger partial charge < -0.3 is 10.2 Å². The van der Waals surface area contributed by atoms with E-state index < -0.39 is 4.92 Å². The van der Waals surface area contributed by atoms with Gasteiger partial charge in [-0.25, -0.2) is 10.8 Å². The molecule has 0 bridgehead atoms. The van der Waals surface area contributed by atoms with E-state index in [1.54, 1.807) is 18.2 Å². The SMILES string of the molecule is NNc1cccc(COc2cc(Cl)ccc2[N+](=O)[O-])n1. The Kier molecular flexibility index (Phi) is 4.34. The number of aromatic nitrogens is 1. The van der Waals surface area contributed by atoms with E-state index in [2.05, 4.69) is 10.4 Å². The molecule has 0 aliphatic rings. The van der Waals surface area contributed by atoms with Crippen molar-refractivity contribution < 1.29 is 9.66 Å². The maximum atomic E-state index is 10.9. The maximum absolute atomic E-state index is 10.9. The topological polar surface area (TPSA) is 103 Å². The van der Waals surface area contributed by atoms with E-state index >= 15 is 0 Å². The van der Waals surface area contributed by atoms with E-state index in [1.807, 2.05) is 0 Å². The van der Waals surface area contributed by atoms with Crippen LogP contribution >= 0.6 is 11.6 Å². The van der Waals surface area contributed by atoms with Crippen LogP contribution < -0.4 is 16.0 Å². The summed E-state index contributed by atoms with van der Waals surface area (Å²) in [6, 6.07) is 9.27. The zero-order valence-electron chi connectivity index (χ0n) is 10.2. The Bertz CT molecular complexity index is 636. The third-order valence-corrected chi connectivity index (χ3v) is 2.68. The van der Waals surface area contributed by atoms with Gasteiger partial charge in [-0.05, 0) is 18.2 Å². The van der Waals surface area contributed by atoms with Crippen molar-refractivity contribution in [3.63, 3.8) is 0 Å². The van der Waals surface area contributed by atoms with Crippen LogP contribution in [-0.2, 0) is 6.61 Å². The number of halogens is 1. The van der Waals surface area contributed by atoms with Crippen LogP contribution in [0.2, 0.25) is 5.02 Å². The number of ether oxygens (including phenoxy) is 1. The number of nitrogens with one attached hydrogen (secondary N) is 1. The minimum atomic E-state index is -0.531. The van der Waals surface area contributed by atoms with Crippen molar-refractivity contribution in [3.8, 4) is 5.75 Å². The van der Waals surface area contributed by atoms with E-state index in [9.17, 15) is 10.1 Å². The van der Waals surface area contributed by atoms with Crippen LogP contribution in [0.15, 0.2) is 36.4 Å². The smallest absolute Gasteiger partial charge is 0.311 e. The van der Waals surface area contributed by atoms with Gasteiger partial charge in [-0.15, -0.1) is 0 Å². The minimum Gasteiger partial charge on any atom is -0.480 e.